The van der Waals surface area contributed by atoms with E-state index in [-0.39, 0.29) is 64.0 Å². The molecule has 2 bridgehead atoms. The van der Waals surface area contributed by atoms with Crippen LogP contribution < -0.4 is 10.6 Å². The van der Waals surface area contributed by atoms with Crippen molar-refractivity contribution < 1.29 is 34.8 Å². The molecule has 0 unspecified atom stereocenters. The average molecular weight is 447 g/mol. The van der Waals surface area contributed by atoms with E-state index < -0.39 is 23.4 Å². The second-order valence-electron chi connectivity index (χ2n) is 6.59. The molecule has 9 nitrogen and oxygen atoms in total. The number of carbonyl (C=O) groups is 2. The van der Waals surface area contributed by atoms with Gasteiger partial charge < -0.3 is 35.8 Å². The van der Waals surface area contributed by atoms with Crippen molar-refractivity contribution in [3.63, 3.8) is 0 Å². The number of anilines is 2. The number of phenols is 4. The SMILES string of the molecule is C=CCNc1c(O)cc2c(O)c1C=COC(=O)c1c(O)cc(O)c(Cl)c1CCC(=O)N2. The molecule has 0 fully saturated rings. The van der Waals surface area contributed by atoms with Crippen LogP contribution in [0.2, 0.25) is 5.02 Å². The molecular weight excluding hydrogens is 428 g/mol. The van der Waals surface area contributed by atoms with Crippen LogP contribution in [0.3, 0.4) is 0 Å². The highest BCUT2D eigenvalue weighted by Gasteiger charge is 2.25. The predicted octanol–water partition coefficient (Wildman–Crippen LogP) is 3.47. The van der Waals surface area contributed by atoms with Gasteiger partial charge in [0.15, 0.2) is 0 Å². The van der Waals surface area contributed by atoms with Crippen LogP contribution in [-0.4, -0.2) is 38.8 Å². The van der Waals surface area contributed by atoms with Crippen molar-refractivity contribution in [2.75, 3.05) is 17.2 Å². The molecule has 0 spiro atoms. The van der Waals surface area contributed by atoms with Gasteiger partial charge in [0.1, 0.15) is 28.6 Å². The van der Waals surface area contributed by atoms with E-state index in [1.165, 1.54) is 18.2 Å². The minimum absolute atomic E-state index is 0.0269. The third-order valence-electron chi connectivity index (χ3n) is 4.55. The number of rotatable bonds is 3. The third-order valence-corrected chi connectivity index (χ3v) is 4.97. The van der Waals surface area contributed by atoms with Crippen molar-refractivity contribution in [3.8, 4) is 23.0 Å². The molecule has 0 aromatic heterocycles. The number of fused-ring (bicyclic) bond motifs is 3. The summed E-state index contributed by atoms with van der Waals surface area (Å²) in [7, 11) is 0. The monoisotopic (exact) mass is 446 g/mol. The number of hydrogen-bond donors (Lipinski definition) is 6. The number of aromatic hydroxyl groups is 4. The van der Waals surface area contributed by atoms with E-state index in [2.05, 4.69) is 17.2 Å². The van der Waals surface area contributed by atoms with Crippen molar-refractivity contribution >= 4 is 40.9 Å². The van der Waals surface area contributed by atoms with Crippen LogP contribution in [0.4, 0.5) is 11.4 Å². The second kappa shape index (κ2) is 8.88. The van der Waals surface area contributed by atoms with Crippen molar-refractivity contribution in [3.05, 3.63) is 52.8 Å². The molecule has 1 amide bonds. The molecule has 6 N–H and O–H groups in total. The Kier molecular flexibility index (Phi) is 6.26. The summed E-state index contributed by atoms with van der Waals surface area (Å²) in [5.41, 5.74) is -0.185. The van der Waals surface area contributed by atoms with Gasteiger partial charge in [0.2, 0.25) is 5.91 Å². The number of halogens is 1. The number of benzene rings is 2. The Morgan fingerprint density at radius 2 is 1.87 bits per heavy atom. The number of hydrogen-bond acceptors (Lipinski definition) is 8. The lowest BCUT2D eigenvalue weighted by atomic mass is 10.0. The lowest BCUT2D eigenvalue weighted by Gasteiger charge is -2.16. The zero-order chi connectivity index (χ0) is 22.7. The Morgan fingerprint density at radius 3 is 2.58 bits per heavy atom. The number of amides is 1. The van der Waals surface area contributed by atoms with Crippen LogP contribution in [0, 0.1) is 0 Å². The predicted molar refractivity (Wildman–Crippen MR) is 115 cm³/mol. The fourth-order valence-electron chi connectivity index (χ4n) is 3.12. The van der Waals surface area contributed by atoms with Gasteiger partial charge >= 0.3 is 5.97 Å². The highest BCUT2D eigenvalue weighted by molar-refractivity contribution is 6.33. The fraction of sp³-hybridized carbons (Fsp3) is 0.143. The molecule has 162 valence electrons. The molecule has 0 atom stereocenters. The number of ether oxygens (including phenoxy) is 1. The lowest BCUT2D eigenvalue weighted by molar-refractivity contribution is -0.116. The number of cyclic esters (lactones) is 1. The van der Waals surface area contributed by atoms with Crippen LogP contribution >= 0.6 is 11.6 Å². The summed E-state index contributed by atoms with van der Waals surface area (Å²) in [6.45, 7) is 3.82. The van der Waals surface area contributed by atoms with Gasteiger partial charge in [-0.15, -0.1) is 6.58 Å². The van der Waals surface area contributed by atoms with Gasteiger partial charge in [0.25, 0.3) is 0 Å². The Balaban J connectivity index is 2.13. The number of phenolic OH excluding ortho intramolecular Hbond substituents is 4. The topological polar surface area (TPSA) is 148 Å². The first kappa shape index (κ1) is 21.8. The van der Waals surface area contributed by atoms with Crippen molar-refractivity contribution in [1.29, 1.82) is 0 Å². The van der Waals surface area contributed by atoms with E-state index >= 15 is 0 Å². The van der Waals surface area contributed by atoms with Crippen molar-refractivity contribution in [1.82, 2.24) is 0 Å². The summed E-state index contributed by atoms with van der Waals surface area (Å²) < 4.78 is 5.07. The zero-order valence-corrected chi connectivity index (χ0v) is 16.9. The Labute approximate surface area is 181 Å². The molecule has 0 saturated carbocycles. The number of carbonyl (C=O) groups excluding carboxylic acids is 2. The van der Waals surface area contributed by atoms with E-state index in [4.69, 9.17) is 16.3 Å². The summed E-state index contributed by atoms with van der Waals surface area (Å²) in [6.07, 6.45) is 3.33. The highest BCUT2D eigenvalue weighted by atomic mass is 35.5. The second-order valence-corrected chi connectivity index (χ2v) is 6.97. The Morgan fingerprint density at radius 1 is 1.13 bits per heavy atom. The first-order valence-corrected chi connectivity index (χ1v) is 9.46. The van der Waals surface area contributed by atoms with Gasteiger partial charge in [-0.1, -0.05) is 17.7 Å². The highest BCUT2D eigenvalue weighted by Crippen LogP contribution is 2.42. The molecule has 31 heavy (non-hydrogen) atoms. The third kappa shape index (κ3) is 4.36. The minimum atomic E-state index is -0.995. The first-order valence-electron chi connectivity index (χ1n) is 9.09. The molecule has 2 aromatic rings. The minimum Gasteiger partial charge on any atom is -0.507 e. The van der Waals surface area contributed by atoms with Crippen LogP contribution in [0.1, 0.15) is 27.9 Å². The molecule has 0 saturated heterocycles. The molecule has 10 heteroatoms. The maximum Gasteiger partial charge on any atom is 0.347 e. The molecule has 1 aliphatic heterocycles. The molecule has 0 radical (unpaired) electrons. The van der Waals surface area contributed by atoms with Crippen molar-refractivity contribution in [2.45, 2.75) is 12.8 Å². The lowest BCUT2D eigenvalue weighted by Crippen LogP contribution is -2.14. The summed E-state index contributed by atoms with van der Waals surface area (Å²) in [6, 6.07) is 2.06. The quantitative estimate of drug-likeness (QED) is 0.182. The van der Waals surface area contributed by atoms with Crippen LogP contribution in [0.15, 0.2) is 31.0 Å². The Bertz CT molecular complexity index is 1110. The number of nitrogens with one attached hydrogen (secondary N) is 2. The summed E-state index contributed by atoms with van der Waals surface area (Å²) in [4.78, 5) is 25.0. The van der Waals surface area contributed by atoms with Gasteiger partial charge in [-0.2, -0.15) is 0 Å². The smallest absolute Gasteiger partial charge is 0.347 e. The van der Waals surface area contributed by atoms with Crippen LogP contribution in [0.25, 0.3) is 6.08 Å². The van der Waals surface area contributed by atoms with E-state index in [0.717, 1.165) is 12.3 Å². The van der Waals surface area contributed by atoms with Crippen LogP contribution in [0.5, 0.6) is 23.0 Å². The summed E-state index contributed by atoms with van der Waals surface area (Å²) in [5, 5.41) is 46.1. The van der Waals surface area contributed by atoms with E-state index in [1.54, 1.807) is 0 Å². The molecule has 1 heterocycles. The van der Waals surface area contributed by atoms with Gasteiger partial charge in [0.05, 0.1) is 22.7 Å². The fourth-order valence-corrected chi connectivity index (χ4v) is 3.36. The molecule has 0 aliphatic carbocycles. The summed E-state index contributed by atoms with van der Waals surface area (Å²) >= 11 is 6.09. The van der Waals surface area contributed by atoms with E-state index in [0.29, 0.717) is 0 Å². The largest absolute Gasteiger partial charge is 0.507 e. The normalized spacial score (nSPS) is 13.7. The molecule has 2 aromatic carbocycles. The standard InChI is InChI=1S/C21H19ClN2O7/c1-2-6-23-19-11-5-7-31-21(30)17-10(18(22)14(26)9-13(17)25)3-4-16(28)24-12(20(11)29)8-15(19)27/h2,5,7-9,23,25-27,29H,1,3-4,6H2,(H,24,28). The molecular formula is C21H19ClN2O7. The first-order chi connectivity index (χ1) is 14.7. The zero-order valence-electron chi connectivity index (χ0n) is 16.1. The van der Waals surface area contributed by atoms with Gasteiger partial charge in [-0.05, 0) is 18.1 Å². The van der Waals surface area contributed by atoms with Gasteiger partial charge in [-0.25, -0.2) is 4.79 Å². The van der Waals surface area contributed by atoms with Gasteiger partial charge in [0, 0.05) is 30.7 Å². The van der Waals surface area contributed by atoms with Crippen LogP contribution in [-0.2, 0) is 16.0 Å². The van der Waals surface area contributed by atoms with Gasteiger partial charge in [-0.3, -0.25) is 4.79 Å². The summed E-state index contributed by atoms with van der Waals surface area (Å²) in [5.74, 6) is -3.25. The Hall–Kier alpha value is -3.85. The van der Waals surface area contributed by atoms with E-state index in [9.17, 15) is 30.0 Å². The van der Waals surface area contributed by atoms with E-state index in [1.807, 2.05) is 0 Å². The maximum absolute atomic E-state index is 12.6. The van der Waals surface area contributed by atoms with Crippen molar-refractivity contribution in [2.24, 2.45) is 0 Å². The maximum atomic E-state index is 12.6. The molecule has 3 rings (SSSR count). The molecule has 1 aliphatic rings. The average Bonchev–Trinajstić information content (AvgIpc) is 2.71. The number of esters is 1.